The third-order valence-electron chi connectivity index (χ3n) is 4.89. The van der Waals surface area contributed by atoms with Crippen molar-refractivity contribution in [1.29, 1.82) is 0 Å². The molecule has 33 heavy (non-hydrogen) atoms. The third kappa shape index (κ3) is 7.62. The van der Waals surface area contributed by atoms with Gasteiger partial charge >= 0.3 is 0 Å². The molecular formula is C25H27NO6S. The summed E-state index contributed by atoms with van der Waals surface area (Å²) < 4.78 is 35.5. The maximum Gasteiger partial charge on any atom is 0.244 e. The van der Waals surface area contributed by atoms with Crippen LogP contribution in [-0.2, 0) is 32.7 Å². The molecule has 1 amide bonds. The molecule has 3 aromatic carbocycles. The quantitative estimate of drug-likeness (QED) is 0.427. The average molecular weight is 470 g/mol. The minimum atomic E-state index is -3.58. The number of benzene rings is 3. The predicted octanol–water partition coefficient (Wildman–Crippen LogP) is 3.99. The molecule has 0 aromatic heterocycles. The summed E-state index contributed by atoms with van der Waals surface area (Å²) >= 11 is 0. The Morgan fingerprint density at radius 2 is 1.39 bits per heavy atom. The fraction of sp³-hybridized carbons (Fsp3) is 0.240. The number of rotatable bonds is 11. The van der Waals surface area contributed by atoms with Crippen LogP contribution in [0.25, 0.3) is 0 Å². The van der Waals surface area contributed by atoms with Gasteiger partial charge in [0.25, 0.3) is 0 Å². The van der Waals surface area contributed by atoms with Crippen LogP contribution < -0.4 is 15.0 Å². The van der Waals surface area contributed by atoms with Crippen LogP contribution in [0, 0.1) is 6.92 Å². The molecule has 8 heteroatoms. The van der Waals surface area contributed by atoms with Crippen molar-refractivity contribution in [2.24, 2.45) is 0 Å². The van der Waals surface area contributed by atoms with Crippen molar-refractivity contribution in [2.45, 2.75) is 31.5 Å². The van der Waals surface area contributed by atoms with Crippen molar-refractivity contribution in [1.82, 2.24) is 5.48 Å². The van der Waals surface area contributed by atoms with Crippen LogP contribution in [0.15, 0.2) is 77.7 Å². The fourth-order valence-corrected chi connectivity index (χ4v) is 4.15. The molecule has 0 unspecified atom stereocenters. The molecule has 0 radical (unpaired) electrons. The molecule has 3 rings (SSSR count). The van der Waals surface area contributed by atoms with Crippen LogP contribution in [0.4, 0.5) is 0 Å². The summed E-state index contributed by atoms with van der Waals surface area (Å²) in [6.45, 7) is 2.67. The number of amides is 1. The first-order chi connectivity index (χ1) is 15.9. The maximum absolute atomic E-state index is 12.3. The lowest BCUT2D eigenvalue weighted by molar-refractivity contribution is -0.134. The monoisotopic (exact) mass is 469 g/mol. The Labute approximate surface area is 194 Å². The Kier molecular flexibility index (Phi) is 8.46. The van der Waals surface area contributed by atoms with Crippen molar-refractivity contribution in [2.75, 3.05) is 12.9 Å². The summed E-state index contributed by atoms with van der Waals surface area (Å²) in [6.07, 6.45) is -0.208. The molecule has 0 aliphatic rings. The topological polar surface area (TPSA) is 90.9 Å². The molecule has 0 saturated carbocycles. The second kappa shape index (κ2) is 11.5. The molecule has 0 atom stereocenters. The zero-order chi connectivity index (χ0) is 23.7. The molecular weight excluding hydrogens is 442 g/mol. The summed E-state index contributed by atoms with van der Waals surface area (Å²) in [5, 5.41) is 0. The number of ether oxygens (including phenoxy) is 2. The van der Waals surface area contributed by atoms with Gasteiger partial charge in [-0.3, -0.25) is 9.63 Å². The average Bonchev–Trinajstić information content (AvgIpc) is 2.83. The van der Waals surface area contributed by atoms with E-state index in [0.717, 1.165) is 16.9 Å². The number of hydroxylamine groups is 1. The number of hydrogen-bond donors (Lipinski definition) is 1. The molecule has 0 aliphatic carbocycles. The summed E-state index contributed by atoms with van der Waals surface area (Å²) in [6, 6.07) is 21.5. The zero-order valence-electron chi connectivity index (χ0n) is 18.6. The lowest BCUT2D eigenvalue weighted by Crippen LogP contribution is -2.25. The number of carbonyl (C=O) groups is 1. The maximum atomic E-state index is 12.3. The van der Waals surface area contributed by atoms with Gasteiger partial charge in [-0.15, -0.1) is 0 Å². The van der Waals surface area contributed by atoms with Gasteiger partial charge in [-0.25, -0.2) is 13.9 Å². The second-order valence-electron chi connectivity index (χ2n) is 7.48. The zero-order valence-corrected chi connectivity index (χ0v) is 19.4. The normalized spacial score (nSPS) is 11.1. The van der Waals surface area contributed by atoms with Gasteiger partial charge in [0.2, 0.25) is 5.91 Å². The molecule has 7 nitrogen and oxygen atoms in total. The fourth-order valence-electron chi connectivity index (χ4n) is 2.91. The predicted molar refractivity (Wildman–Crippen MR) is 125 cm³/mol. The van der Waals surface area contributed by atoms with Gasteiger partial charge in [0.05, 0.1) is 24.4 Å². The van der Waals surface area contributed by atoms with Crippen LogP contribution in [0.5, 0.6) is 11.5 Å². The minimum Gasteiger partial charge on any atom is -0.497 e. The van der Waals surface area contributed by atoms with Crippen molar-refractivity contribution >= 4 is 15.7 Å². The van der Waals surface area contributed by atoms with E-state index in [0.29, 0.717) is 12.4 Å². The van der Waals surface area contributed by atoms with Crippen LogP contribution in [0.2, 0.25) is 0 Å². The summed E-state index contributed by atoms with van der Waals surface area (Å²) in [5.74, 6) is 0.463. The van der Waals surface area contributed by atoms with Gasteiger partial charge in [0.1, 0.15) is 18.1 Å². The van der Waals surface area contributed by atoms with Crippen molar-refractivity contribution in [3.05, 3.63) is 89.5 Å². The van der Waals surface area contributed by atoms with Crippen LogP contribution in [0.1, 0.15) is 23.1 Å². The number of nitrogens with one attached hydrogen (secondary N) is 1. The Balaban J connectivity index is 1.38. The Morgan fingerprint density at radius 1 is 0.818 bits per heavy atom. The largest absolute Gasteiger partial charge is 0.497 e. The van der Waals surface area contributed by atoms with E-state index in [4.69, 9.17) is 14.3 Å². The first-order valence-corrected chi connectivity index (χ1v) is 12.1. The van der Waals surface area contributed by atoms with Crippen molar-refractivity contribution < 1.29 is 27.5 Å². The number of sulfone groups is 1. The van der Waals surface area contributed by atoms with Gasteiger partial charge in [-0.05, 0) is 54.4 Å². The lowest BCUT2D eigenvalue weighted by atomic mass is 10.2. The van der Waals surface area contributed by atoms with E-state index in [-0.39, 0.29) is 23.7 Å². The number of aryl methyl sites for hydroxylation is 1. The summed E-state index contributed by atoms with van der Waals surface area (Å²) in [4.78, 5) is 17.3. The summed E-state index contributed by atoms with van der Waals surface area (Å²) in [5.41, 5.74) is 5.41. The number of carbonyl (C=O) groups excluding carboxylic acids is 1. The molecule has 0 aliphatic heterocycles. The van der Waals surface area contributed by atoms with E-state index in [1.165, 1.54) is 24.8 Å². The standard InChI is InChI=1S/C25H27NO6S/c1-19-3-5-20(6-4-19)17-31-23-9-7-21(8-10-23)18-32-26-25(27)15-16-33(28,29)24-13-11-22(30-2)12-14-24/h3-14H,15-18H2,1-2H3,(H,26,27). The van der Waals surface area contributed by atoms with E-state index in [9.17, 15) is 13.2 Å². The Hall–Kier alpha value is -3.36. The molecule has 0 saturated heterocycles. The molecule has 1 N–H and O–H groups in total. The van der Waals surface area contributed by atoms with Gasteiger partial charge in [-0.1, -0.05) is 42.0 Å². The van der Waals surface area contributed by atoms with Crippen molar-refractivity contribution in [3.63, 3.8) is 0 Å². The third-order valence-corrected chi connectivity index (χ3v) is 6.62. The second-order valence-corrected chi connectivity index (χ2v) is 9.59. The van der Waals surface area contributed by atoms with E-state index in [1.807, 2.05) is 55.5 Å². The molecule has 3 aromatic rings. The SMILES string of the molecule is COc1ccc(S(=O)(=O)CCC(=O)NOCc2ccc(OCc3ccc(C)cc3)cc2)cc1. The van der Waals surface area contributed by atoms with Gasteiger partial charge < -0.3 is 9.47 Å². The van der Waals surface area contributed by atoms with E-state index < -0.39 is 15.7 Å². The minimum absolute atomic E-state index is 0.140. The van der Waals surface area contributed by atoms with E-state index in [1.54, 1.807) is 12.1 Å². The van der Waals surface area contributed by atoms with Crippen molar-refractivity contribution in [3.8, 4) is 11.5 Å². The summed E-state index contributed by atoms with van der Waals surface area (Å²) in [7, 11) is -2.07. The van der Waals surface area contributed by atoms with Gasteiger partial charge in [0.15, 0.2) is 9.84 Å². The molecule has 0 bridgehead atoms. The number of hydrogen-bond acceptors (Lipinski definition) is 6. The van der Waals surface area contributed by atoms with E-state index >= 15 is 0 Å². The number of methoxy groups -OCH3 is 1. The first-order valence-electron chi connectivity index (χ1n) is 10.4. The lowest BCUT2D eigenvalue weighted by Gasteiger charge is -2.09. The first kappa shape index (κ1) is 24.3. The molecule has 0 fully saturated rings. The Morgan fingerprint density at radius 3 is 2.03 bits per heavy atom. The smallest absolute Gasteiger partial charge is 0.244 e. The van der Waals surface area contributed by atoms with E-state index in [2.05, 4.69) is 5.48 Å². The highest BCUT2D eigenvalue weighted by molar-refractivity contribution is 7.91. The van der Waals surface area contributed by atoms with Crippen LogP contribution in [-0.4, -0.2) is 27.2 Å². The highest BCUT2D eigenvalue weighted by Crippen LogP contribution is 2.18. The van der Waals surface area contributed by atoms with Crippen LogP contribution >= 0.6 is 0 Å². The molecule has 0 heterocycles. The highest BCUT2D eigenvalue weighted by atomic mass is 32.2. The molecule has 174 valence electrons. The highest BCUT2D eigenvalue weighted by Gasteiger charge is 2.16. The Bertz CT molecular complexity index is 1140. The molecule has 0 spiro atoms. The van der Waals surface area contributed by atoms with Gasteiger partial charge in [-0.2, -0.15) is 0 Å². The van der Waals surface area contributed by atoms with Gasteiger partial charge in [0, 0.05) is 6.42 Å². The van der Waals surface area contributed by atoms with Crippen LogP contribution in [0.3, 0.4) is 0 Å².